The number of hydrogen-bond acceptors (Lipinski definition) is 6. The number of oxazole rings is 1. The lowest BCUT2D eigenvalue weighted by Crippen LogP contribution is -2.37. The van der Waals surface area contributed by atoms with Crippen LogP contribution in [0.4, 0.5) is 0 Å². The van der Waals surface area contributed by atoms with E-state index in [0.717, 1.165) is 37.7 Å². The second-order valence-corrected chi connectivity index (χ2v) is 5.59. The summed E-state index contributed by atoms with van der Waals surface area (Å²) in [5.41, 5.74) is 0. The van der Waals surface area contributed by atoms with Crippen molar-refractivity contribution in [2.75, 3.05) is 40.4 Å². The predicted molar refractivity (Wildman–Crippen MR) is 75.4 cm³/mol. The number of likely N-dealkylation sites (tertiary alicyclic amines) is 1. The Morgan fingerprint density at radius 1 is 1.65 bits per heavy atom. The molecule has 114 valence electrons. The summed E-state index contributed by atoms with van der Waals surface area (Å²) >= 11 is 0. The minimum Gasteiger partial charge on any atom is -0.445 e. The van der Waals surface area contributed by atoms with Crippen LogP contribution in [0.15, 0.2) is 10.6 Å². The highest BCUT2D eigenvalue weighted by Crippen LogP contribution is 2.17. The largest absolute Gasteiger partial charge is 0.445 e. The maximum absolute atomic E-state index is 9.77. The fraction of sp³-hybridized carbons (Fsp3) is 0.786. The van der Waals surface area contributed by atoms with Crippen LogP contribution in [0.25, 0.3) is 0 Å². The molecule has 0 aromatic carbocycles. The molecule has 20 heavy (non-hydrogen) atoms. The van der Waals surface area contributed by atoms with E-state index in [9.17, 15) is 5.11 Å². The number of likely N-dealkylation sites (N-methyl/N-ethyl adjacent to an activating group) is 1. The number of ether oxygens (including phenoxy) is 1. The molecule has 2 atom stereocenters. The van der Waals surface area contributed by atoms with Crippen LogP contribution in [0.5, 0.6) is 0 Å². The average Bonchev–Trinajstić information content (AvgIpc) is 2.99. The number of aryl methyl sites for hydroxylation is 1. The Morgan fingerprint density at radius 3 is 3.10 bits per heavy atom. The highest BCUT2D eigenvalue weighted by Gasteiger charge is 2.27. The molecule has 2 heterocycles. The first kappa shape index (κ1) is 15.4. The van der Waals surface area contributed by atoms with Crippen LogP contribution >= 0.6 is 0 Å². The highest BCUT2D eigenvalue weighted by molar-refractivity contribution is 4.92. The van der Waals surface area contributed by atoms with E-state index in [1.165, 1.54) is 0 Å². The first-order valence-electron chi connectivity index (χ1n) is 7.09. The lowest BCUT2D eigenvalue weighted by molar-refractivity contribution is 0.0412. The summed E-state index contributed by atoms with van der Waals surface area (Å²) in [6.45, 7) is 5.69. The molecule has 2 rings (SSSR count). The molecule has 1 aromatic heterocycles. The van der Waals surface area contributed by atoms with Crippen molar-refractivity contribution < 1.29 is 14.3 Å². The summed E-state index contributed by atoms with van der Waals surface area (Å²) in [4.78, 5) is 8.80. The number of nitrogens with zero attached hydrogens (tertiary/aromatic N) is 3. The molecule has 0 bridgehead atoms. The predicted octanol–water partition coefficient (Wildman–Crippen LogP) is 0.496. The molecular formula is C14H25N3O3. The number of aliphatic hydroxyl groups excluding tert-OH is 1. The van der Waals surface area contributed by atoms with Gasteiger partial charge >= 0.3 is 0 Å². The quantitative estimate of drug-likeness (QED) is 0.786. The molecule has 1 aliphatic rings. The number of rotatable bonds is 7. The van der Waals surface area contributed by atoms with Gasteiger partial charge in [-0.05, 0) is 26.9 Å². The van der Waals surface area contributed by atoms with Crippen LogP contribution < -0.4 is 0 Å². The van der Waals surface area contributed by atoms with Crippen molar-refractivity contribution in [3.05, 3.63) is 17.8 Å². The van der Waals surface area contributed by atoms with Gasteiger partial charge in [0.15, 0.2) is 0 Å². The van der Waals surface area contributed by atoms with Crippen molar-refractivity contribution in [3.63, 3.8) is 0 Å². The van der Waals surface area contributed by atoms with Crippen LogP contribution in [0.3, 0.4) is 0 Å². The van der Waals surface area contributed by atoms with Crippen molar-refractivity contribution in [2.24, 2.45) is 0 Å². The summed E-state index contributed by atoms with van der Waals surface area (Å²) in [5, 5.41) is 9.77. The fourth-order valence-corrected chi connectivity index (χ4v) is 2.70. The van der Waals surface area contributed by atoms with Crippen LogP contribution in [-0.2, 0) is 11.3 Å². The third kappa shape index (κ3) is 4.28. The van der Waals surface area contributed by atoms with Crippen LogP contribution in [0, 0.1) is 6.92 Å². The van der Waals surface area contributed by atoms with Crippen molar-refractivity contribution in [1.82, 2.24) is 14.8 Å². The molecular weight excluding hydrogens is 258 g/mol. The Labute approximate surface area is 120 Å². The van der Waals surface area contributed by atoms with Crippen molar-refractivity contribution in [3.8, 4) is 0 Å². The maximum Gasteiger partial charge on any atom is 0.208 e. The maximum atomic E-state index is 9.77. The standard InChI is InChI=1S/C14H25N3O3/c1-11-6-15-14(20-11)9-16(2)12-4-5-17(7-12)8-13(18)10-19-3/h6,12-13,18H,4-5,7-10H2,1-3H3. The van der Waals surface area contributed by atoms with Crippen molar-refractivity contribution >= 4 is 0 Å². The van der Waals surface area contributed by atoms with Crippen molar-refractivity contribution in [1.29, 1.82) is 0 Å². The molecule has 1 aromatic rings. The molecule has 0 saturated carbocycles. The molecule has 1 saturated heterocycles. The lowest BCUT2D eigenvalue weighted by atomic mass is 10.2. The molecule has 1 aliphatic heterocycles. The second-order valence-electron chi connectivity index (χ2n) is 5.59. The third-order valence-electron chi connectivity index (χ3n) is 3.75. The molecule has 0 radical (unpaired) electrons. The van der Waals surface area contributed by atoms with Gasteiger partial charge in [-0.2, -0.15) is 0 Å². The van der Waals surface area contributed by atoms with Gasteiger partial charge in [-0.15, -0.1) is 0 Å². The smallest absolute Gasteiger partial charge is 0.208 e. The Balaban J connectivity index is 1.77. The van der Waals surface area contributed by atoms with Crippen LogP contribution in [0.1, 0.15) is 18.1 Å². The minimum absolute atomic E-state index is 0.395. The average molecular weight is 283 g/mol. The minimum atomic E-state index is -0.404. The zero-order valence-electron chi connectivity index (χ0n) is 12.6. The van der Waals surface area contributed by atoms with E-state index >= 15 is 0 Å². The number of methoxy groups -OCH3 is 1. The van der Waals surface area contributed by atoms with Crippen LogP contribution in [-0.4, -0.2) is 72.4 Å². The fourth-order valence-electron chi connectivity index (χ4n) is 2.70. The van der Waals surface area contributed by atoms with E-state index in [2.05, 4.69) is 21.8 Å². The molecule has 6 heteroatoms. The monoisotopic (exact) mass is 283 g/mol. The Hall–Kier alpha value is -0.950. The van der Waals surface area contributed by atoms with E-state index in [0.29, 0.717) is 19.2 Å². The third-order valence-corrected chi connectivity index (χ3v) is 3.75. The zero-order chi connectivity index (χ0) is 14.5. The van der Waals surface area contributed by atoms with Gasteiger partial charge in [-0.25, -0.2) is 4.98 Å². The molecule has 0 aliphatic carbocycles. The molecule has 1 N–H and O–H groups in total. The van der Waals surface area contributed by atoms with Gasteiger partial charge in [-0.1, -0.05) is 0 Å². The van der Waals surface area contributed by atoms with Gasteiger partial charge in [0.25, 0.3) is 0 Å². The normalized spacial score (nSPS) is 21.8. The van der Waals surface area contributed by atoms with E-state index < -0.39 is 6.10 Å². The lowest BCUT2D eigenvalue weighted by Gasteiger charge is -2.24. The molecule has 2 unspecified atom stereocenters. The van der Waals surface area contributed by atoms with Gasteiger partial charge < -0.3 is 14.3 Å². The van der Waals surface area contributed by atoms with Gasteiger partial charge in [0.1, 0.15) is 5.76 Å². The number of β-amino-alcohol motifs (C(OH)–C–C–N with tert-alkyl or cyclic N) is 1. The highest BCUT2D eigenvalue weighted by atomic mass is 16.5. The number of aromatic nitrogens is 1. The van der Waals surface area contributed by atoms with Gasteiger partial charge in [0.05, 0.1) is 25.5 Å². The summed E-state index contributed by atoms with van der Waals surface area (Å²) in [6.07, 6.45) is 2.46. The van der Waals surface area contributed by atoms with E-state index in [1.807, 2.05) is 6.92 Å². The van der Waals surface area contributed by atoms with Gasteiger partial charge in [0, 0.05) is 26.2 Å². The summed E-state index contributed by atoms with van der Waals surface area (Å²) in [7, 11) is 3.71. The van der Waals surface area contributed by atoms with E-state index in [1.54, 1.807) is 13.3 Å². The number of aliphatic hydroxyl groups is 1. The second kappa shape index (κ2) is 7.17. The van der Waals surface area contributed by atoms with Crippen molar-refractivity contribution in [2.45, 2.75) is 32.0 Å². The van der Waals surface area contributed by atoms with E-state index in [-0.39, 0.29) is 0 Å². The molecule has 1 fully saturated rings. The Bertz CT molecular complexity index is 410. The number of hydrogen-bond donors (Lipinski definition) is 1. The topological polar surface area (TPSA) is 62.0 Å². The first-order valence-corrected chi connectivity index (χ1v) is 7.09. The Morgan fingerprint density at radius 2 is 2.45 bits per heavy atom. The van der Waals surface area contributed by atoms with E-state index in [4.69, 9.17) is 9.15 Å². The zero-order valence-corrected chi connectivity index (χ0v) is 12.6. The summed E-state index contributed by atoms with van der Waals surface area (Å²) in [6, 6.07) is 0.483. The first-order chi connectivity index (χ1) is 9.58. The van der Waals surface area contributed by atoms with Crippen LogP contribution in [0.2, 0.25) is 0 Å². The molecule has 0 amide bonds. The van der Waals surface area contributed by atoms with Gasteiger partial charge in [0.2, 0.25) is 5.89 Å². The summed E-state index contributed by atoms with van der Waals surface area (Å²) in [5.74, 6) is 1.62. The molecule has 6 nitrogen and oxygen atoms in total. The summed E-state index contributed by atoms with van der Waals surface area (Å²) < 4.78 is 10.5. The molecule has 0 spiro atoms. The Kier molecular flexibility index (Phi) is 5.54. The SMILES string of the molecule is COCC(O)CN1CCC(N(C)Cc2ncc(C)o2)C1. The van der Waals surface area contributed by atoms with Gasteiger partial charge in [-0.3, -0.25) is 9.80 Å².